The summed E-state index contributed by atoms with van der Waals surface area (Å²) in [5.41, 5.74) is 1.51. The summed E-state index contributed by atoms with van der Waals surface area (Å²) in [6.07, 6.45) is 0.496. The molecule has 0 saturated carbocycles. The van der Waals surface area contributed by atoms with Crippen LogP contribution in [0.25, 0.3) is 0 Å². The lowest BCUT2D eigenvalue weighted by atomic mass is 10.1. The highest BCUT2D eigenvalue weighted by Crippen LogP contribution is 2.26. The van der Waals surface area contributed by atoms with E-state index in [-0.39, 0.29) is 6.54 Å². The van der Waals surface area contributed by atoms with Crippen LogP contribution in [0.1, 0.15) is 31.0 Å². The molecule has 0 saturated heterocycles. The van der Waals surface area contributed by atoms with Crippen LogP contribution >= 0.6 is 11.3 Å². The van der Waals surface area contributed by atoms with E-state index in [1.165, 1.54) is 11.3 Å². The van der Waals surface area contributed by atoms with E-state index < -0.39 is 22.3 Å². The molecule has 2 aromatic rings. The summed E-state index contributed by atoms with van der Waals surface area (Å²) >= 11 is 1.38. The van der Waals surface area contributed by atoms with Crippen molar-refractivity contribution in [2.45, 2.75) is 25.3 Å². The third kappa shape index (κ3) is 7.35. The average molecular weight is 399 g/mol. The van der Waals surface area contributed by atoms with Crippen LogP contribution in [-0.4, -0.2) is 31.1 Å². The van der Waals surface area contributed by atoms with Crippen molar-refractivity contribution >= 4 is 38.5 Å². The Morgan fingerprint density at radius 2 is 2.00 bits per heavy atom. The fraction of sp³-hybridized carbons (Fsp3) is 0.333. The van der Waals surface area contributed by atoms with Crippen molar-refractivity contribution in [1.82, 2.24) is 15.0 Å². The third-order valence-electron chi connectivity index (χ3n) is 3.42. The second-order valence-corrected chi connectivity index (χ2v) is 7.74. The molecule has 0 fully saturated rings. The molecule has 0 aliphatic rings. The first kappa shape index (κ1) is 20.1. The number of hydrogen-bond donors (Lipinski definition) is 5. The summed E-state index contributed by atoms with van der Waals surface area (Å²) in [6, 6.07) is 9.07. The lowest BCUT2D eigenvalue weighted by Crippen LogP contribution is -2.31. The number of thiazole rings is 1. The van der Waals surface area contributed by atoms with Gasteiger partial charge in [0.1, 0.15) is 0 Å². The van der Waals surface area contributed by atoms with Gasteiger partial charge in [0, 0.05) is 17.6 Å². The quantitative estimate of drug-likeness (QED) is 0.387. The van der Waals surface area contributed by atoms with Crippen molar-refractivity contribution in [3.63, 3.8) is 0 Å². The minimum Gasteiger partial charge on any atom is -0.465 e. The van der Waals surface area contributed by atoms with Crippen molar-refractivity contribution in [2.75, 3.05) is 11.9 Å². The van der Waals surface area contributed by atoms with Crippen LogP contribution in [0.5, 0.6) is 0 Å². The number of benzene rings is 1. The highest BCUT2D eigenvalue weighted by molar-refractivity contribution is 7.87. The van der Waals surface area contributed by atoms with Crippen LogP contribution in [0, 0.1) is 0 Å². The molecule has 0 bridgehead atoms. The molecule has 2 rings (SSSR count). The summed E-state index contributed by atoms with van der Waals surface area (Å²) in [4.78, 5) is 15.5. The third-order valence-corrected chi connectivity index (χ3v) is 4.81. The Bertz CT molecular complexity index is 810. The monoisotopic (exact) mass is 399 g/mol. The number of carboxylic acid groups (broad SMARTS) is 1. The highest BCUT2D eigenvalue weighted by Gasteiger charge is 2.17. The van der Waals surface area contributed by atoms with Gasteiger partial charge in [0.15, 0.2) is 5.13 Å². The van der Waals surface area contributed by atoms with Gasteiger partial charge in [-0.25, -0.2) is 19.6 Å². The zero-order valence-electron chi connectivity index (χ0n) is 13.9. The topological polar surface area (TPSA) is 146 Å². The molecule has 1 heterocycles. The van der Waals surface area contributed by atoms with Crippen molar-refractivity contribution in [2.24, 2.45) is 5.14 Å². The number of anilines is 2. The van der Waals surface area contributed by atoms with Gasteiger partial charge in [0.05, 0.1) is 11.7 Å². The predicted octanol–water partition coefficient (Wildman–Crippen LogP) is 2.16. The molecule has 0 spiro atoms. The smallest absolute Gasteiger partial charge is 0.405 e. The Morgan fingerprint density at radius 3 is 2.65 bits per heavy atom. The Kier molecular flexibility index (Phi) is 7.33. The molecule has 1 aromatic heterocycles. The zero-order valence-corrected chi connectivity index (χ0v) is 15.5. The molecule has 26 heavy (non-hydrogen) atoms. The van der Waals surface area contributed by atoms with Crippen LogP contribution in [0.15, 0.2) is 35.7 Å². The van der Waals surface area contributed by atoms with Crippen LogP contribution < -0.4 is 20.5 Å². The number of aromatic nitrogens is 1. The Hall–Kier alpha value is -2.21. The first-order valence-electron chi connectivity index (χ1n) is 7.88. The van der Waals surface area contributed by atoms with Crippen LogP contribution in [-0.2, 0) is 10.2 Å². The summed E-state index contributed by atoms with van der Waals surface area (Å²) in [6.45, 7) is 0.205. The van der Waals surface area contributed by atoms with E-state index in [0.717, 1.165) is 5.69 Å². The first-order chi connectivity index (χ1) is 12.3. The van der Waals surface area contributed by atoms with Crippen LogP contribution in [0.4, 0.5) is 15.6 Å². The van der Waals surface area contributed by atoms with Gasteiger partial charge in [-0.2, -0.15) is 8.42 Å². The minimum atomic E-state index is -3.70. The largest absolute Gasteiger partial charge is 0.465 e. The maximum absolute atomic E-state index is 11.0. The van der Waals surface area contributed by atoms with Gasteiger partial charge in [-0.3, -0.25) is 0 Å². The molecule has 1 unspecified atom stereocenters. The van der Waals surface area contributed by atoms with E-state index in [9.17, 15) is 13.2 Å². The number of unbranched alkanes of at least 4 members (excludes halogenated alkanes) is 1. The average Bonchev–Trinajstić information content (AvgIpc) is 3.01. The maximum atomic E-state index is 11.0. The molecule has 9 nitrogen and oxygen atoms in total. The number of nitrogens with two attached hydrogens (primary N) is 1. The van der Waals surface area contributed by atoms with Gasteiger partial charge in [-0.1, -0.05) is 18.2 Å². The standard InChI is InChI=1S/C15H21N5O4S2/c16-26(23,24)17-9-5-4-8-12(20-15(21)22)13-10-25-14(19-13)18-11-6-2-1-3-7-11/h1-3,6-7,10,12,17,20H,4-5,8-9H2,(H,18,19)(H,21,22)(H2,16,23,24). The van der Waals surface area contributed by atoms with E-state index in [1.54, 1.807) is 5.38 Å². The highest BCUT2D eigenvalue weighted by atomic mass is 32.2. The van der Waals surface area contributed by atoms with Crippen LogP contribution in [0.3, 0.4) is 0 Å². The van der Waals surface area contributed by atoms with E-state index in [1.807, 2.05) is 30.3 Å². The van der Waals surface area contributed by atoms with Crippen molar-refractivity contribution in [3.05, 3.63) is 41.4 Å². The molecule has 6 N–H and O–H groups in total. The van der Waals surface area contributed by atoms with E-state index in [4.69, 9.17) is 10.2 Å². The number of amides is 1. The van der Waals surface area contributed by atoms with Crippen molar-refractivity contribution < 1.29 is 18.3 Å². The van der Waals surface area contributed by atoms with E-state index in [2.05, 4.69) is 20.3 Å². The zero-order chi connectivity index (χ0) is 19.0. The first-order valence-corrected chi connectivity index (χ1v) is 10.3. The lowest BCUT2D eigenvalue weighted by Gasteiger charge is -2.14. The van der Waals surface area contributed by atoms with Gasteiger partial charge < -0.3 is 15.7 Å². The number of hydrogen-bond acceptors (Lipinski definition) is 6. The Morgan fingerprint density at radius 1 is 1.27 bits per heavy atom. The molecule has 0 radical (unpaired) electrons. The van der Waals surface area contributed by atoms with Gasteiger partial charge in [-0.05, 0) is 31.4 Å². The molecule has 0 aliphatic heterocycles. The fourth-order valence-electron chi connectivity index (χ4n) is 2.28. The summed E-state index contributed by atoms with van der Waals surface area (Å²) in [5.74, 6) is 0. The molecule has 142 valence electrons. The maximum Gasteiger partial charge on any atom is 0.405 e. The second kappa shape index (κ2) is 9.48. The number of carbonyl (C=O) groups is 1. The molecule has 1 atom stereocenters. The van der Waals surface area contributed by atoms with Crippen molar-refractivity contribution in [3.8, 4) is 0 Å². The summed E-state index contributed by atoms with van der Waals surface area (Å²) in [7, 11) is -3.70. The number of rotatable bonds is 10. The van der Waals surface area contributed by atoms with Gasteiger partial charge >= 0.3 is 6.09 Å². The van der Waals surface area contributed by atoms with Crippen molar-refractivity contribution in [1.29, 1.82) is 0 Å². The van der Waals surface area contributed by atoms with Gasteiger partial charge in [0.25, 0.3) is 10.2 Å². The Balaban J connectivity index is 1.92. The minimum absolute atomic E-state index is 0.205. The number of nitrogens with one attached hydrogen (secondary N) is 3. The molecular formula is C15H21N5O4S2. The molecule has 1 aromatic carbocycles. The van der Waals surface area contributed by atoms with Gasteiger partial charge in [-0.15, -0.1) is 11.3 Å². The van der Waals surface area contributed by atoms with E-state index in [0.29, 0.717) is 30.1 Å². The fourth-order valence-corrected chi connectivity index (χ4v) is 3.49. The molecule has 11 heteroatoms. The second-order valence-electron chi connectivity index (χ2n) is 5.51. The molecule has 1 amide bonds. The molecule has 0 aliphatic carbocycles. The lowest BCUT2D eigenvalue weighted by molar-refractivity contribution is 0.188. The normalized spacial score (nSPS) is 12.5. The predicted molar refractivity (Wildman–Crippen MR) is 101 cm³/mol. The van der Waals surface area contributed by atoms with Crippen LogP contribution in [0.2, 0.25) is 0 Å². The molecular weight excluding hydrogens is 378 g/mol. The number of para-hydroxylation sites is 1. The van der Waals surface area contributed by atoms with E-state index >= 15 is 0 Å². The Labute approximate surface area is 155 Å². The van der Waals surface area contributed by atoms with Gasteiger partial charge in [0.2, 0.25) is 0 Å². The SMILES string of the molecule is NS(=O)(=O)NCCCCC(NC(=O)O)c1csc(Nc2ccccc2)n1. The number of nitrogens with zero attached hydrogens (tertiary/aromatic N) is 1. The summed E-state index contributed by atoms with van der Waals surface area (Å²) in [5, 5.41) is 22.0. The summed E-state index contributed by atoms with van der Waals surface area (Å²) < 4.78 is 23.8.